The van der Waals surface area contributed by atoms with Gasteiger partial charge in [-0.1, -0.05) is 18.2 Å². The minimum atomic E-state index is -4.17. The summed E-state index contributed by atoms with van der Waals surface area (Å²) in [6.45, 7) is 3.49. The number of likely N-dealkylation sites (tertiary alicyclic amines) is 1. The van der Waals surface area contributed by atoms with Crippen LogP contribution in [-0.2, 0) is 0 Å². The Morgan fingerprint density at radius 1 is 1.25 bits per heavy atom. The van der Waals surface area contributed by atoms with Gasteiger partial charge in [0.2, 0.25) is 0 Å². The van der Waals surface area contributed by atoms with E-state index in [9.17, 15) is 18.0 Å². The summed E-state index contributed by atoms with van der Waals surface area (Å²) >= 11 is 0. The standard InChI is InChI=1S/C19H28F3N5O/c1-2-23-18(26-16-9-12-27(13-16)14-19(20,21)22)25-11-6-10-24-17(28)15-7-4-3-5-8-15/h3-5,7-8,16H,2,6,9-14H2,1H3,(H,24,28)(H2,23,25,26). The summed E-state index contributed by atoms with van der Waals surface area (Å²) in [6.07, 6.45) is -2.86. The lowest BCUT2D eigenvalue weighted by Crippen LogP contribution is -2.45. The normalized spacial score (nSPS) is 18.1. The van der Waals surface area contributed by atoms with Crippen molar-refractivity contribution >= 4 is 11.9 Å². The number of amides is 1. The van der Waals surface area contributed by atoms with Gasteiger partial charge in [-0.05, 0) is 31.9 Å². The quantitative estimate of drug-likeness (QED) is 0.355. The molecule has 1 aliphatic heterocycles. The molecule has 0 aliphatic carbocycles. The first-order chi connectivity index (χ1) is 13.4. The van der Waals surface area contributed by atoms with Crippen LogP contribution in [0.3, 0.4) is 0 Å². The highest BCUT2D eigenvalue weighted by Gasteiger charge is 2.34. The third-order valence-electron chi connectivity index (χ3n) is 4.29. The fourth-order valence-electron chi connectivity index (χ4n) is 3.02. The van der Waals surface area contributed by atoms with Gasteiger partial charge in [0.25, 0.3) is 5.91 Å². The molecule has 156 valence electrons. The monoisotopic (exact) mass is 399 g/mol. The number of aliphatic imine (C=N–C) groups is 1. The summed E-state index contributed by atoms with van der Waals surface area (Å²) in [5, 5.41) is 9.15. The van der Waals surface area contributed by atoms with E-state index in [1.165, 1.54) is 4.90 Å². The first kappa shape index (κ1) is 22.0. The molecule has 1 fully saturated rings. The maximum atomic E-state index is 12.5. The molecule has 1 aromatic rings. The molecule has 0 bridgehead atoms. The second-order valence-corrected chi connectivity index (χ2v) is 6.72. The van der Waals surface area contributed by atoms with Crippen molar-refractivity contribution in [2.45, 2.75) is 32.0 Å². The van der Waals surface area contributed by atoms with Crippen molar-refractivity contribution in [3.63, 3.8) is 0 Å². The molecule has 9 heteroatoms. The number of hydrogen-bond donors (Lipinski definition) is 3. The summed E-state index contributed by atoms with van der Waals surface area (Å²) in [5.41, 5.74) is 0.616. The van der Waals surface area contributed by atoms with E-state index in [0.29, 0.717) is 57.1 Å². The molecule has 1 atom stereocenters. The van der Waals surface area contributed by atoms with Crippen LogP contribution in [0.4, 0.5) is 13.2 Å². The summed E-state index contributed by atoms with van der Waals surface area (Å²) in [4.78, 5) is 17.8. The number of benzene rings is 1. The Balaban J connectivity index is 1.71. The summed E-state index contributed by atoms with van der Waals surface area (Å²) < 4.78 is 37.5. The number of rotatable bonds is 8. The van der Waals surface area contributed by atoms with E-state index >= 15 is 0 Å². The molecular formula is C19H28F3N5O. The molecule has 6 nitrogen and oxygen atoms in total. The van der Waals surface area contributed by atoms with Gasteiger partial charge in [0.1, 0.15) is 0 Å². The first-order valence-corrected chi connectivity index (χ1v) is 9.54. The third kappa shape index (κ3) is 8.16. The van der Waals surface area contributed by atoms with Gasteiger partial charge in [0, 0.05) is 44.3 Å². The van der Waals surface area contributed by atoms with Crippen molar-refractivity contribution in [3.8, 4) is 0 Å². The molecule has 1 unspecified atom stereocenters. The van der Waals surface area contributed by atoms with Crippen LogP contribution >= 0.6 is 0 Å². The molecule has 0 saturated carbocycles. The highest BCUT2D eigenvalue weighted by molar-refractivity contribution is 5.94. The maximum Gasteiger partial charge on any atom is 0.401 e. The lowest BCUT2D eigenvalue weighted by atomic mass is 10.2. The van der Waals surface area contributed by atoms with Crippen molar-refractivity contribution in [2.75, 3.05) is 39.3 Å². The van der Waals surface area contributed by atoms with E-state index in [1.807, 2.05) is 25.1 Å². The summed E-state index contributed by atoms with van der Waals surface area (Å²) in [5.74, 6) is 0.473. The van der Waals surface area contributed by atoms with E-state index in [2.05, 4.69) is 20.9 Å². The second kappa shape index (κ2) is 10.9. The lowest BCUT2D eigenvalue weighted by molar-refractivity contribution is -0.143. The number of nitrogens with one attached hydrogen (secondary N) is 3. The Bertz CT molecular complexity index is 636. The SMILES string of the molecule is CCNC(=NCCCNC(=O)c1ccccc1)NC1CCN(CC(F)(F)F)C1. The van der Waals surface area contributed by atoms with Crippen LogP contribution in [0.2, 0.25) is 0 Å². The zero-order chi connectivity index (χ0) is 20.4. The fraction of sp³-hybridized carbons (Fsp3) is 0.579. The van der Waals surface area contributed by atoms with Crippen LogP contribution in [-0.4, -0.2) is 68.3 Å². The number of halogens is 3. The van der Waals surface area contributed by atoms with Gasteiger partial charge < -0.3 is 16.0 Å². The number of alkyl halides is 3. The predicted molar refractivity (Wildman–Crippen MR) is 103 cm³/mol. The molecule has 3 N–H and O–H groups in total. The minimum Gasteiger partial charge on any atom is -0.357 e. The molecule has 1 heterocycles. The van der Waals surface area contributed by atoms with Crippen LogP contribution in [0.5, 0.6) is 0 Å². The Hall–Kier alpha value is -2.29. The van der Waals surface area contributed by atoms with Crippen LogP contribution < -0.4 is 16.0 Å². The Morgan fingerprint density at radius 2 is 2.00 bits per heavy atom. The van der Waals surface area contributed by atoms with Crippen LogP contribution in [0.1, 0.15) is 30.1 Å². The Kier molecular flexibility index (Phi) is 8.56. The van der Waals surface area contributed by atoms with Gasteiger partial charge in [-0.25, -0.2) is 0 Å². The van der Waals surface area contributed by atoms with Crippen molar-refractivity contribution in [1.29, 1.82) is 0 Å². The molecule has 0 radical (unpaired) electrons. The van der Waals surface area contributed by atoms with E-state index in [-0.39, 0.29) is 11.9 Å². The van der Waals surface area contributed by atoms with E-state index in [4.69, 9.17) is 0 Å². The fourth-order valence-corrected chi connectivity index (χ4v) is 3.02. The average molecular weight is 399 g/mol. The highest BCUT2D eigenvalue weighted by atomic mass is 19.4. The van der Waals surface area contributed by atoms with Gasteiger partial charge in [0.15, 0.2) is 5.96 Å². The molecule has 1 aliphatic rings. The predicted octanol–water partition coefficient (Wildman–Crippen LogP) is 2.00. The van der Waals surface area contributed by atoms with Crippen LogP contribution in [0.15, 0.2) is 35.3 Å². The molecule has 1 amide bonds. The van der Waals surface area contributed by atoms with Crippen LogP contribution in [0.25, 0.3) is 0 Å². The third-order valence-corrected chi connectivity index (χ3v) is 4.29. The molecular weight excluding hydrogens is 371 g/mol. The summed E-state index contributed by atoms with van der Waals surface area (Å²) in [7, 11) is 0. The Morgan fingerprint density at radius 3 is 2.68 bits per heavy atom. The molecule has 28 heavy (non-hydrogen) atoms. The topological polar surface area (TPSA) is 68.8 Å². The Labute approximate surface area is 163 Å². The van der Waals surface area contributed by atoms with E-state index in [0.717, 1.165) is 0 Å². The van der Waals surface area contributed by atoms with Gasteiger partial charge in [-0.2, -0.15) is 13.2 Å². The van der Waals surface area contributed by atoms with Crippen molar-refractivity contribution < 1.29 is 18.0 Å². The number of carbonyl (C=O) groups excluding carboxylic acids is 1. The first-order valence-electron chi connectivity index (χ1n) is 9.54. The maximum absolute atomic E-state index is 12.5. The zero-order valence-corrected chi connectivity index (χ0v) is 16.1. The summed E-state index contributed by atoms with van der Waals surface area (Å²) in [6, 6.07) is 8.93. The lowest BCUT2D eigenvalue weighted by Gasteiger charge is -2.19. The van der Waals surface area contributed by atoms with E-state index in [1.54, 1.807) is 12.1 Å². The van der Waals surface area contributed by atoms with Crippen molar-refractivity contribution in [2.24, 2.45) is 4.99 Å². The number of hydrogen-bond acceptors (Lipinski definition) is 3. The minimum absolute atomic E-state index is 0.0575. The number of nitrogens with zero attached hydrogens (tertiary/aromatic N) is 2. The second-order valence-electron chi connectivity index (χ2n) is 6.72. The molecule has 2 rings (SSSR count). The largest absolute Gasteiger partial charge is 0.401 e. The van der Waals surface area contributed by atoms with Crippen molar-refractivity contribution in [3.05, 3.63) is 35.9 Å². The van der Waals surface area contributed by atoms with Gasteiger partial charge in [-0.15, -0.1) is 0 Å². The molecule has 1 aromatic carbocycles. The number of guanidine groups is 1. The molecule has 0 aromatic heterocycles. The highest BCUT2D eigenvalue weighted by Crippen LogP contribution is 2.19. The smallest absolute Gasteiger partial charge is 0.357 e. The molecule has 0 spiro atoms. The zero-order valence-electron chi connectivity index (χ0n) is 16.1. The molecule has 1 saturated heterocycles. The average Bonchev–Trinajstić information content (AvgIpc) is 3.07. The van der Waals surface area contributed by atoms with Gasteiger partial charge in [-0.3, -0.25) is 14.7 Å². The van der Waals surface area contributed by atoms with Crippen molar-refractivity contribution in [1.82, 2.24) is 20.9 Å². The van der Waals surface area contributed by atoms with Crippen LogP contribution in [0, 0.1) is 0 Å². The van der Waals surface area contributed by atoms with E-state index < -0.39 is 12.7 Å². The van der Waals surface area contributed by atoms with Gasteiger partial charge in [0.05, 0.1) is 6.54 Å². The van der Waals surface area contributed by atoms with Gasteiger partial charge >= 0.3 is 6.18 Å². The number of carbonyl (C=O) groups is 1.